The van der Waals surface area contributed by atoms with E-state index in [2.05, 4.69) is 25.1 Å². The highest BCUT2D eigenvalue weighted by molar-refractivity contribution is 6.64. The Hall–Kier alpha value is -0.960. The van der Waals surface area contributed by atoms with Gasteiger partial charge in [-0.1, -0.05) is 38.1 Å². The van der Waals surface area contributed by atoms with Crippen LogP contribution in [0.3, 0.4) is 0 Å². The Labute approximate surface area is 126 Å². The second-order valence-corrected chi connectivity index (χ2v) is 5.38. The van der Waals surface area contributed by atoms with E-state index in [4.69, 9.17) is 11.6 Å². The zero-order chi connectivity index (χ0) is 15.5. The van der Waals surface area contributed by atoms with E-state index in [9.17, 15) is 8.78 Å². The largest absolute Gasteiger partial charge is 0.251 e. The van der Waals surface area contributed by atoms with Crippen molar-refractivity contribution in [2.75, 3.05) is 13.3 Å². The van der Waals surface area contributed by atoms with E-state index in [1.807, 2.05) is 0 Å². The van der Waals surface area contributed by atoms with Crippen molar-refractivity contribution in [3.8, 4) is 0 Å². The van der Waals surface area contributed by atoms with Gasteiger partial charge in [-0.25, -0.2) is 4.99 Å². The number of aliphatic imine (C=N–C) groups is 1. The molecular formula is C16H24ClF2N. The van der Waals surface area contributed by atoms with Gasteiger partial charge in [0.1, 0.15) is 5.17 Å². The number of halogens is 3. The van der Waals surface area contributed by atoms with Gasteiger partial charge in [0.25, 0.3) is 0 Å². The first kappa shape index (κ1) is 19.0. The molecule has 20 heavy (non-hydrogen) atoms. The van der Waals surface area contributed by atoms with Crippen LogP contribution in [0.1, 0.15) is 39.5 Å². The molecule has 0 rings (SSSR count). The standard InChI is InChI=1S/C16H24ClF2N/c1-5-6-12(2)13(3)9-16(20-14(4)17)8-7-15(10-18)11-19/h9,15H,2-3,5-8,10-11H2,1,4H3/b16-9-,20-14?. The van der Waals surface area contributed by atoms with Crippen molar-refractivity contribution < 1.29 is 8.78 Å². The minimum absolute atomic E-state index is 0.391. The van der Waals surface area contributed by atoms with Gasteiger partial charge in [0, 0.05) is 11.6 Å². The van der Waals surface area contributed by atoms with Gasteiger partial charge < -0.3 is 0 Å². The zero-order valence-electron chi connectivity index (χ0n) is 12.4. The van der Waals surface area contributed by atoms with Gasteiger partial charge in [-0.15, -0.1) is 0 Å². The number of alkyl halides is 2. The third kappa shape index (κ3) is 8.26. The highest BCUT2D eigenvalue weighted by atomic mass is 35.5. The fourth-order valence-corrected chi connectivity index (χ4v) is 1.78. The number of hydrogen-bond donors (Lipinski definition) is 0. The Bertz CT molecular complexity index is 378. The average molecular weight is 304 g/mol. The first-order valence-electron chi connectivity index (χ1n) is 6.84. The smallest absolute Gasteiger partial charge is 0.103 e. The number of nitrogens with zero attached hydrogens (tertiary/aromatic N) is 1. The van der Waals surface area contributed by atoms with Crippen LogP contribution in [0.15, 0.2) is 41.1 Å². The van der Waals surface area contributed by atoms with Crippen molar-refractivity contribution in [1.29, 1.82) is 0 Å². The molecular weight excluding hydrogens is 280 g/mol. The molecule has 4 heteroatoms. The molecule has 0 heterocycles. The maximum Gasteiger partial charge on any atom is 0.103 e. The molecule has 0 radical (unpaired) electrons. The molecule has 0 spiro atoms. The highest BCUT2D eigenvalue weighted by Crippen LogP contribution is 2.20. The summed E-state index contributed by atoms with van der Waals surface area (Å²) in [7, 11) is 0. The molecule has 0 aromatic heterocycles. The number of hydrogen-bond acceptors (Lipinski definition) is 1. The van der Waals surface area contributed by atoms with E-state index in [0.29, 0.717) is 23.7 Å². The molecule has 0 aromatic rings. The SMILES string of the molecule is C=C(/C=C(/CCC(CF)CF)N=C(C)Cl)C(=C)CCC. The monoisotopic (exact) mass is 303 g/mol. The van der Waals surface area contributed by atoms with Crippen molar-refractivity contribution in [2.24, 2.45) is 10.9 Å². The molecule has 0 bridgehead atoms. The maximum absolute atomic E-state index is 12.5. The van der Waals surface area contributed by atoms with Crippen molar-refractivity contribution in [3.63, 3.8) is 0 Å². The highest BCUT2D eigenvalue weighted by Gasteiger charge is 2.09. The minimum atomic E-state index is -0.656. The summed E-state index contributed by atoms with van der Waals surface area (Å²) in [5.41, 5.74) is 2.42. The van der Waals surface area contributed by atoms with Gasteiger partial charge in [0.2, 0.25) is 0 Å². The second kappa shape index (κ2) is 10.8. The van der Waals surface area contributed by atoms with Crippen LogP contribution >= 0.6 is 11.6 Å². The van der Waals surface area contributed by atoms with Gasteiger partial charge in [-0.2, -0.15) is 0 Å². The molecule has 1 nitrogen and oxygen atoms in total. The van der Waals surface area contributed by atoms with Gasteiger partial charge in [0.15, 0.2) is 0 Å². The molecule has 0 N–H and O–H groups in total. The van der Waals surface area contributed by atoms with E-state index < -0.39 is 19.3 Å². The Kier molecular flexibility index (Phi) is 10.3. The second-order valence-electron chi connectivity index (χ2n) is 4.84. The van der Waals surface area contributed by atoms with E-state index in [0.717, 1.165) is 24.0 Å². The van der Waals surface area contributed by atoms with Crippen LogP contribution in [0.4, 0.5) is 8.78 Å². The lowest BCUT2D eigenvalue weighted by atomic mass is 10.0. The Balaban J connectivity index is 4.83. The fourth-order valence-electron chi connectivity index (χ4n) is 1.67. The molecule has 0 unspecified atom stereocenters. The van der Waals surface area contributed by atoms with Crippen LogP contribution in [0, 0.1) is 5.92 Å². The lowest BCUT2D eigenvalue weighted by molar-refractivity contribution is 0.276. The van der Waals surface area contributed by atoms with Crippen LogP contribution in [0.5, 0.6) is 0 Å². The van der Waals surface area contributed by atoms with Gasteiger partial charge in [0.05, 0.1) is 13.3 Å². The van der Waals surface area contributed by atoms with E-state index in [1.54, 1.807) is 13.0 Å². The van der Waals surface area contributed by atoms with Crippen LogP contribution in [-0.2, 0) is 0 Å². The maximum atomic E-state index is 12.5. The van der Waals surface area contributed by atoms with Gasteiger partial charge in [-0.05, 0) is 43.4 Å². The van der Waals surface area contributed by atoms with Crippen molar-refractivity contribution in [3.05, 3.63) is 36.1 Å². The van der Waals surface area contributed by atoms with E-state index >= 15 is 0 Å². The molecule has 0 aromatic carbocycles. The molecule has 0 aliphatic heterocycles. The summed E-state index contributed by atoms with van der Waals surface area (Å²) in [5, 5.41) is 0.391. The number of allylic oxidation sites excluding steroid dienone is 4. The van der Waals surface area contributed by atoms with Crippen molar-refractivity contribution >= 4 is 16.8 Å². The summed E-state index contributed by atoms with van der Waals surface area (Å²) in [6.45, 7) is 10.3. The predicted molar refractivity (Wildman–Crippen MR) is 84.9 cm³/mol. The lowest BCUT2D eigenvalue weighted by Gasteiger charge is -2.10. The summed E-state index contributed by atoms with van der Waals surface area (Å²) in [5.74, 6) is -0.573. The molecule has 0 saturated heterocycles. The van der Waals surface area contributed by atoms with Crippen LogP contribution in [0.25, 0.3) is 0 Å². The number of rotatable bonds is 10. The summed E-state index contributed by atoms with van der Waals surface area (Å²) in [4.78, 5) is 4.20. The Morgan fingerprint density at radius 3 is 2.30 bits per heavy atom. The molecule has 0 fully saturated rings. The van der Waals surface area contributed by atoms with Crippen molar-refractivity contribution in [1.82, 2.24) is 0 Å². The predicted octanol–water partition coefficient (Wildman–Crippen LogP) is 5.78. The normalized spacial score (nSPS) is 12.9. The average Bonchev–Trinajstić information content (AvgIpc) is 2.39. The molecule has 0 aliphatic rings. The first-order valence-corrected chi connectivity index (χ1v) is 7.22. The molecule has 0 aliphatic carbocycles. The quantitative estimate of drug-likeness (QED) is 0.358. The molecule has 0 atom stereocenters. The summed E-state index contributed by atoms with van der Waals surface area (Å²) >= 11 is 5.79. The fraction of sp³-hybridized carbons (Fsp3) is 0.562. The van der Waals surface area contributed by atoms with Gasteiger partial charge in [-0.3, -0.25) is 8.78 Å². The Morgan fingerprint density at radius 2 is 1.85 bits per heavy atom. The van der Waals surface area contributed by atoms with Gasteiger partial charge >= 0.3 is 0 Å². The third-order valence-corrected chi connectivity index (χ3v) is 2.97. The lowest BCUT2D eigenvalue weighted by Crippen LogP contribution is -2.05. The Morgan fingerprint density at radius 1 is 1.25 bits per heavy atom. The molecule has 114 valence electrons. The molecule has 0 amide bonds. The van der Waals surface area contributed by atoms with Crippen LogP contribution < -0.4 is 0 Å². The summed E-state index contributed by atoms with van der Waals surface area (Å²) in [6, 6.07) is 0. The van der Waals surface area contributed by atoms with Crippen LogP contribution in [0.2, 0.25) is 0 Å². The summed E-state index contributed by atoms with van der Waals surface area (Å²) < 4.78 is 25.0. The van der Waals surface area contributed by atoms with Crippen LogP contribution in [-0.4, -0.2) is 18.5 Å². The van der Waals surface area contributed by atoms with E-state index in [-0.39, 0.29) is 0 Å². The minimum Gasteiger partial charge on any atom is -0.251 e. The summed E-state index contributed by atoms with van der Waals surface area (Å²) in [6.07, 6.45) is 4.53. The van der Waals surface area contributed by atoms with Crippen molar-refractivity contribution in [2.45, 2.75) is 39.5 Å². The molecule has 0 saturated carbocycles. The third-order valence-electron chi connectivity index (χ3n) is 2.89. The first-order chi connectivity index (χ1) is 9.44. The zero-order valence-corrected chi connectivity index (χ0v) is 13.1. The van der Waals surface area contributed by atoms with E-state index in [1.165, 1.54) is 0 Å². The topological polar surface area (TPSA) is 12.4 Å².